The van der Waals surface area contributed by atoms with Crippen LogP contribution < -0.4 is 9.47 Å². The number of benzene rings is 1. The van der Waals surface area contributed by atoms with Gasteiger partial charge in [0.25, 0.3) is 0 Å². The number of aliphatic hydroxyl groups excluding tert-OH is 6. The molecule has 2 saturated heterocycles. The first-order chi connectivity index (χ1) is 15.7. The summed E-state index contributed by atoms with van der Waals surface area (Å²) in [4.78, 5) is 12.1. The third kappa shape index (κ3) is 5.54. The maximum Gasteiger partial charge on any atom is 0.341 e. The van der Waals surface area contributed by atoms with E-state index in [0.717, 1.165) is 0 Å². The molecule has 3 rings (SSSR count). The second-order valence-electron chi connectivity index (χ2n) is 7.57. The van der Waals surface area contributed by atoms with Gasteiger partial charge in [-0.2, -0.15) is 0 Å². The zero-order valence-electron chi connectivity index (χ0n) is 17.9. The van der Waals surface area contributed by atoms with Gasteiger partial charge in [-0.15, -0.1) is 0 Å². The van der Waals surface area contributed by atoms with Crippen LogP contribution >= 0.6 is 0 Å². The molecule has 1 aromatic carbocycles. The van der Waals surface area contributed by atoms with E-state index in [2.05, 4.69) is 0 Å². The lowest BCUT2D eigenvalue weighted by Crippen LogP contribution is -2.61. The van der Waals surface area contributed by atoms with E-state index < -0.39 is 67.9 Å². The van der Waals surface area contributed by atoms with Crippen LogP contribution in [-0.2, 0) is 18.9 Å². The number of carbonyl (C=O) groups is 1. The van der Waals surface area contributed by atoms with Crippen LogP contribution in [0, 0.1) is 0 Å². The topological polar surface area (TPSA) is 194 Å². The maximum atomic E-state index is 12.1. The zero-order valence-corrected chi connectivity index (χ0v) is 17.9. The van der Waals surface area contributed by atoms with E-state index in [-0.39, 0.29) is 17.9 Å². The van der Waals surface area contributed by atoms with Crippen LogP contribution in [0.3, 0.4) is 0 Å². The second kappa shape index (κ2) is 10.9. The summed E-state index contributed by atoms with van der Waals surface area (Å²) >= 11 is 0. The highest BCUT2D eigenvalue weighted by atomic mass is 16.7. The van der Waals surface area contributed by atoms with E-state index in [1.54, 1.807) is 0 Å². The van der Waals surface area contributed by atoms with Crippen molar-refractivity contribution in [3.63, 3.8) is 0 Å². The molecule has 2 aliphatic rings. The molecule has 0 aromatic heterocycles. The Morgan fingerprint density at radius 2 is 1.67 bits per heavy atom. The Hall–Kier alpha value is -2.07. The summed E-state index contributed by atoms with van der Waals surface area (Å²) in [5, 5.41) is 60.1. The highest BCUT2D eigenvalue weighted by Crippen LogP contribution is 2.30. The highest BCUT2D eigenvalue weighted by molar-refractivity contribution is 5.93. The number of esters is 1. The molecule has 13 heteroatoms. The molecule has 2 fully saturated rings. The second-order valence-corrected chi connectivity index (χ2v) is 7.57. The van der Waals surface area contributed by atoms with Crippen molar-refractivity contribution in [2.75, 3.05) is 27.4 Å². The molecule has 0 spiro atoms. The molecule has 0 amide bonds. The first-order valence-corrected chi connectivity index (χ1v) is 10.1. The number of methoxy groups -OCH3 is 2. The molecule has 1 aromatic rings. The van der Waals surface area contributed by atoms with E-state index in [0.29, 0.717) is 5.75 Å². The number of rotatable bonds is 7. The molecule has 2 heterocycles. The number of carbonyl (C=O) groups excluding carboxylic acids is 1. The van der Waals surface area contributed by atoms with Crippen molar-refractivity contribution >= 4 is 5.97 Å². The predicted molar refractivity (Wildman–Crippen MR) is 105 cm³/mol. The van der Waals surface area contributed by atoms with Gasteiger partial charge in [0.05, 0.1) is 27.4 Å². The molecule has 0 saturated carbocycles. The van der Waals surface area contributed by atoms with Gasteiger partial charge in [-0.05, 0) is 18.2 Å². The normalized spacial score (nSPS) is 36.8. The van der Waals surface area contributed by atoms with Crippen LogP contribution in [0.1, 0.15) is 10.4 Å². The minimum Gasteiger partial charge on any atom is -0.497 e. The summed E-state index contributed by atoms with van der Waals surface area (Å²) in [6.45, 7) is -0.736. The Morgan fingerprint density at radius 3 is 2.33 bits per heavy atom. The molecule has 2 aliphatic heterocycles. The van der Waals surface area contributed by atoms with E-state index in [4.69, 9.17) is 28.4 Å². The van der Waals surface area contributed by atoms with Crippen molar-refractivity contribution in [1.29, 1.82) is 0 Å². The maximum absolute atomic E-state index is 12.1. The molecule has 9 atom stereocenters. The Bertz CT molecular complexity index is 804. The summed E-state index contributed by atoms with van der Waals surface area (Å²) in [5.41, 5.74) is -0.0349. The quantitative estimate of drug-likeness (QED) is 0.220. The average molecular weight is 476 g/mol. The van der Waals surface area contributed by atoms with Gasteiger partial charge in [-0.1, -0.05) is 0 Å². The Labute approximate surface area is 188 Å². The number of hydrogen-bond donors (Lipinski definition) is 6. The largest absolute Gasteiger partial charge is 0.497 e. The molecule has 33 heavy (non-hydrogen) atoms. The third-order valence-electron chi connectivity index (χ3n) is 5.38. The molecular weight excluding hydrogens is 448 g/mol. The summed E-state index contributed by atoms with van der Waals surface area (Å²) in [5.74, 6) is -0.454. The first kappa shape index (κ1) is 25.6. The van der Waals surface area contributed by atoms with Crippen LogP contribution in [-0.4, -0.2) is 119 Å². The third-order valence-corrected chi connectivity index (χ3v) is 5.38. The van der Waals surface area contributed by atoms with Gasteiger partial charge >= 0.3 is 5.97 Å². The fourth-order valence-corrected chi connectivity index (χ4v) is 3.40. The number of hydrogen-bond acceptors (Lipinski definition) is 13. The molecule has 6 N–H and O–H groups in total. The van der Waals surface area contributed by atoms with E-state index in [1.165, 1.54) is 32.4 Å². The fourth-order valence-electron chi connectivity index (χ4n) is 3.40. The van der Waals surface area contributed by atoms with Gasteiger partial charge in [0.1, 0.15) is 59.8 Å². The molecule has 0 aliphatic carbocycles. The van der Waals surface area contributed by atoms with E-state index >= 15 is 0 Å². The van der Waals surface area contributed by atoms with Crippen molar-refractivity contribution in [1.82, 2.24) is 0 Å². The van der Waals surface area contributed by atoms with Crippen LogP contribution in [0.2, 0.25) is 0 Å². The van der Waals surface area contributed by atoms with Gasteiger partial charge < -0.3 is 59.1 Å². The van der Waals surface area contributed by atoms with Gasteiger partial charge in [0, 0.05) is 0 Å². The van der Waals surface area contributed by atoms with Crippen LogP contribution in [0.5, 0.6) is 11.5 Å². The average Bonchev–Trinajstić information content (AvgIpc) is 2.82. The van der Waals surface area contributed by atoms with Gasteiger partial charge in [-0.3, -0.25) is 0 Å². The lowest BCUT2D eigenvalue weighted by atomic mass is 9.99. The smallest absolute Gasteiger partial charge is 0.341 e. The van der Waals surface area contributed by atoms with Crippen molar-refractivity contribution in [3.8, 4) is 11.5 Å². The van der Waals surface area contributed by atoms with Crippen molar-refractivity contribution in [2.45, 2.75) is 55.3 Å². The molecule has 13 nitrogen and oxygen atoms in total. The monoisotopic (exact) mass is 476 g/mol. The molecular formula is C20H28O13. The van der Waals surface area contributed by atoms with Crippen LogP contribution in [0.15, 0.2) is 18.2 Å². The fraction of sp³-hybridized carbons (Fsp3) is 0.650. The first-order valence-electron chi connectivity index (χ1n) is 10.1. The van der Waals surface area contributed by atoms with E-state index in [9.17, 15) is 35.4 Å². The molecule has 0 unspecified atom stereocenters. The molecule has 186 valence electrons. The lowest BCUT2D eigenvalue weighted by molar-refractivity contribution is -0.307. The Morgan fingerprint density at radius 1 is 0.970 bits per heavy atom. The van der Waals surface area contributed by atoms with Crippen molar-refractivity contribution in [3.05, 3.63) is 23.8 Å². The van der Waals surface area contributed by atoms with Gasteiger partial charge in [0.15, 0.2) is 6.29 Å². The van der Waals surface area contributed by atoms with E-state index in [1.807, 2.05) is 0 Å². The minimum atomic E-state index is -1.71. The zero-order chi connectivity index (χ0) is 24.3. The molecule has 0 bridgehead atoms. The predicted octanol–water partition coefficient (Wildman–Crippen LogP) is -2.88. The Kier molecular flexibility index (Phi) is 8.44. The van der Waals surface area contributed by atoms with Gasteiger partial charge in [-0.25, -0.2) is 4.79 Å². The molecule has 0 radical (unpaired) electrons. The van der Waals surface area contributed by atoms with Gasteiger partial charge in [0.2, 0.25) is 6.29 Å². The van der Waals surface area contributed by atoms with Crippen molar-refractivity contribution in [2.24, 2.45) is 0 Å². The summed E-state index contributed by atoms with van der Waals surface area (Å²) in [7, 11) is 2.57. The SMILES string of the molecule is COC(=O)c1cc(OC)ccc1O[C@@H]1O[C@H](CO[C@@H]2OC[C@@H](O)[C@H](O)[C@H]2O)[C@@H](O)[C@H](O)[C@H]1O. The summed E-state index contributed by atoms with van der Waals surface area (Å²) in [6, 6.07) is 4.22. The summed E-state index contributed by atoms with van der Waals surface area (Å²) < 4.78 is 31.4. The Balaban J connectivity index is 1.71. The number of aliphatic hydroxyl groups is 6. The standard InChI is InChI=1S/C20H28O13/c1-28-8-3-4-11(9(5-8)18(27)29-2)32-20-17(26)15(24)14(23)12(33-20)7-31-19-16(25)13(22)10(21)6-30-19/h3-5,10,12-17,19-26H,6-7H2,1-2H3/t10-,12-,13+,14-,15+,16-,17-,19+,20-/m1/s1. The van der Waals surface area contributed by atoms with Crippen LogP contribution in [0.25, 0.3) is 0 Å². The highest BCUT2D eigenvalue weighted by Gasteiger charge is 2.46. The summed E-state index contributed by atoms with van der Waals surface area (Å²) in [6.07, 6.45) is -13.5. The van der Waals surface area contributed by atoms with Crippen LogP contribution in [0.4, 0.5) is 0 Å². The number of ether oxygens (including phenoxy) is 6. The minimum absolute atomic E-state index is 0.0349. The lowest BCUT2D eigenvalue weighted by Gasteiger charge is -2.41. The van der Waals surface area contributed by atoms with Crippen molar-refractivity contribution < 1.29 is 63.9 Å².